The van der Waals surface area contributed by atoms with E-state index in [2.05, 4.69) is 20.5 Å². The van der Waals surface area contributed by atoms with E-state index in [0.29, 0.717) is 5.39 Å². The zero-order chi connectivity index (χ0) is 16.8. The largest absolute Gasteiger partial charge is 0.416 e. The molecule has 0 amide bonds. The molecule has 9 heteroatoms. The molecule has 3 aromatic rings. The summed E-state index contributed by atoms with van der Waals surface area (Å²) in [6, 6.07) is 4.73. The second-order valence-electron chi connectivity index (χ2n) is 4.93. The standard InChI is InChI=1S/C14H11F4N5/c1-6-8(14(16,17)18)3-2-4-10(6)20-13-9(15)5-7-11(19)22-23-12(7)21-13/h2-5H,1H3,(H4,19,20,21,22,23). The molecule has 0 aliphatic carbocycles. The van der Waals surface area contributed by atoms with E-state index in [1.807, 2.05) is 0 Å². The molecule has 23 heavy (non-hydrogen) atoms. The van der Waals surface area contributed by atoms with Crippen molar-refractivity contribution < 1.29 is 17.6 Å². The topological polar surface area (TPSA) is 79.6 Å². The summed E-state index contributed by atoms with van der Waals surface area (Å²) in [5.74, 6) is -0.818. The number of hydrogen-bond acceptors (Lipinski definition) is 4. The first kappa shape index (κ1) is 15.1. The summed E-state index contributed by atoms with van der Waals surface area (Å²) in [4.78, 5) is 3.93. The summed E-state index contributed by atoms with van der Waals surface area (Å²) in [7, 11) is 0. The first-order chi connectivity index (χ1) is 10.8. The number of pyridine rings is 1. The van der Waals surface area contributed by atoms with Crippen LogP contribution in [0.15, 0.2) is 24.3 Å². The third-order valence-corrected chi connectivity index (χ3v) is 3.42. The van der Waals surface area contributed by atoms with Gasteiger partial charge in [0.05, 0.1) is 10.9 Å². The fraction of sp³-hybridized carbons (Fsp3) is 0.143. The van der Waals surface area contributed by atoms with Gasteiger partial charge in [-0.1, -0.05) is 6.07 Å². The van der Waals surface area contributed by atoms with E-state index in [9.17, 15) is 17.6 Å². The van der Waals surface area contributed by atoms with Gasteiger partial charge in [0, 0.05) is 5.69 Å². The second-order valence-corrected chi connectivity index (χ2v) is 4.93. The van der Waals surface area contributed by atoms with Crippen molar-refractivity contribution >= 4 is 28.4 Å². The predicted molar refractivity (Wildman–Crippen MR) is 77.7 cm³/mol. The van der Waals surface area contributed by atoms with Gasteiger partial charge in [0.2, 0.25) is 0 Å². The number of nitrogen functional groups attached to an aromatic ring is 1. The van der Waals surface area contributed by atoms with Crippen molar-refractivity contribution in [3.63, 3.8) is 0 Å². The molecule has 0 atom stereocenters. The first-order valence-electron chi connectivity index (χ1n) is 6.51. The Bertz CT molecular complexity index is 885. The molecule has 0 saturated carbocycles. The number of anilines is 3. The van der Waals surface area contributed by atoms with Crippen LogP contribution in [0.3, 0.4) is 0 Å². The molecule has 3 rings (SSSR count). The number of benzene rings is 1. The average molecular weight is 325 g/mol. The molecule has 0 aliphatic rings. The zero-order valence-corrected chi connectivity index (χ0v) is 11.8. The SMILES string of the molecule is Cc1c(Nc2nc3n[nH]c(N)c3cc2F)cccc1C(F)(F)F. The third-order valence-electron chi connectivity index (χ3n) is 3.42. The van der Waals surface area contributed by atoms with Gasteiger partial charge in [0.15, 0.2) is 17.3 Å². The highest BCUT2D eigenvalue weighted by atomic mass is 19.4. The molecule has 0 radical (unpaired) electrons. The zero-order valence-electron chi connectivity index (χ0n) is 11.8. The number of aromatic nitrogens is 3. The quantitative estimate of drug-likeness (QED) is 0.627. The molecule has 4 N–H and O–H groups in total. The highest BCUT2D eigenvalue weighted by molar-refractivity contribution is 5.87. The summed E-state index contributed by atoms with van der Waals surface area (Å²) in [5.41, 5.74) is 4.99. The molecule has 0 aliphatic heterocycles. The van der Waals surface area contributed by atoms with Gasteiger partial charge in [0.25, 0.3) is 0 Å². The summed E-state index contributed by atoms with van der Waals surface area (Å²) in [6.45, 7) is 1.30. The number of rotatable bonds is 2. The van der Waals surface area contributed by atoms with Crippen molar-refractivity contribution in [3.05, 3.63) is 41.2 Å². The molecular weight excluding hydrogens is 314 g/mol. The Morgan fingerprint density at radius 2 is 2.00 bits per heavy atom. The minimum Gasteiger partial charge on any atom is -0.384 e. The Hall–Kier alpha value is -2.84. The fourth-order valence-corrected chi connectivity index (χ4v) is 2.23. The van der Waals surface area contributed by atoms with Crippen LogP contribution in [0, 0.1) is 12.7 Å². The highest BCUT2D eigenvalue weighted by Gasteiger charge is 2.33. The average Bonchev–Trinajstić information content (AvgIpc) is 2.81. The van der Waals surface area contributed by atoms with Crippen LogP contribution in [0.25, 0.3) is 11.0 Å². The Kier molecular flexibility index (Phi) is 3.35. The van der Waals surface area contributed by atoms with Crippen molar-refractivity contribution in [1.29, 1.82) is 0 Å². The Morgan fingerprint density at radius 3 is 2.70 bits per heavy atom. The van der Waals surface area contributed by atoms with Crippen LogP contribution in [-0.2, 0) is 6.18 Å². The smallest absolute Gasteiger partial charge is 0.384 e. The second kappa shape index (κ2) is 5.11. The Morgan fingerprint density at radius 1 is 1.26 bits per heavy atom. The lowest BCUT2D eigenvalue weighted by atomic mass is 10.1. The van der Waals surface area contributed by atoms with Gasteiger partial charge in [-0.3, -0.25) is 5.10 Å². The minimum absolute atomic E-state index is 0.0529. The Labute approximate surface area is 127 Å². The number of halogens is 4. The van der Waals surface area contributed by atoms with E-state index < -0.39 is 17.6 Å². The number of fused-ring (bicyclic) bond motifs is 1. The normalized spacial score (nSPS) is 11.9. The molecule has 0 fully saturated rings. The lowest BCUT2D eigenvalue weighted by Gasteiger charge is -2.15. The van der Waals surface area contributed by atoms with Crippen LogP contribution < -0.4 is 11.1 Å². The van der Waals surface area contributed by atoms with E-state index in [4.69, 9.17) is 5.73 Å². The number of H-pyrrole nitrogens is 1. The van der Waals surface area contributed by atoms with Gasteiger partial charge < -0.3 is 11.1 Å². The van der Waals surface area contributed by atoms with Crippen LogP contribution in [0.4, 0.5) is 34.9 Å². The summed E-state index contributed by atoms with van der Waals surface area (Å²) >= 11 is 0. The van der Waals surface area contributed by atoms with Crippen molar-refractivity contribution in [1.82, 2.24) is 15.2 Å². The minimum atomic E-state index is -4.49. The van der Waals surface area contributed by atoms with Crippen molar-refractivity contribution in [2.45, 2.75) is 13.1 Å². The van der Waals surface area contributed by atoms with E-state index in [1.165, 1.54) is 19.1 Å². The maximum atomic E-state index is 14.1. The van der Waals surface area contributed by atoms with Gasteiger partial charge in [-0.05, 0) is 30.7 Å². The summed E-state index contributed by atoms with van der Waals surface area (Å²) in [5, 5.41) is 9.12. The molecule has 120 valence electrons. The lowest BCUT2D eigenvalue weighted by Crippen LogP contribution is -2.09. The van der Waals surface area contributed by atoms with Crippen molar-refractivity contribution in [2.24, 2.45) is 0 Å². The number of nitrogens with one attached hydrogen (secondary N) is 2. The van der Waals surface area contributed by atoms with Gasteiger partial charge in [-0.25, -0.2) is 9.37 Å². The molecular formula is C14H11F4N5. The molecule has 1 aromatic carbocycles. The maximum Gasteiger partial charge on any atom is 0.416 e. The van der Waals surface area contributed by atoms with Crippen molar-refractivity contribution in [2.75, 3.05) is 11.1 Å². The highest BCUT2D eigenvalue weighted by Crippen LogP contribution is 2.35. The predicted octanol–water partition coefficient (Wildman–Crippen LogP) is 3.75. The van der Waals surface area contributed by atoms with E-state index in [0.717, 1.165) is 12.1 Å². The number of aromatic amines is 1. The molecule has 2 heterocycles. The van der Waals surface area contributed by atoms with E-state index in [1.54, 1.807) is 0 Å². The van der Waals surface area contributed by atoms with Gasteiger partial charge in [0.1, 0.15) is 5.82 Å². The number of nitrogens with zero attached hydrogens (tertiary/aromatic N) is 2. The summed E-state index contributed by atoms with van der Waals surface area (Å²) < 4.78 is 52.8. The van der Waals surface area contributed by atoms with Gasteiger partial charge >= 0.3 is 6.18 Å². The van der Waals surface area contributed by atoms with Gasteiger partial charge in [-0.15, -0.1) is 0 Å². The molecule has 0 spiro atoms. The van der Waals surface area contributed by atoms with Crippen LogP contribution >= 0.6 is 0 Å². The molecule has 5 nitrogen and oxygen atoms in total. The van der Waals surface area contributed by atoms with Crippen LogP contribution in [0.1, 0.15) is 11.1 Å². The summed E-state index contributed by atoms with van der Waals surface area (Å²) in [6.07, 6.45) is -4.49. The molecule has 0 saturated heterocycles. The van der Waals surface area contributed by atoms with Crippen LogP contribution in [0.5, 0.6) is 0 Å². The third kappa shape index (κ3) is 2.65. The number of hydrogen-bond donors (Lipinski definition) is 3. The molecule has 2 aromatic heterocycles. The first-order valence-corrected chi connectivity index (χ1v) is 6.51. The number of alkyl halides is 3. The monoisotopic (exact) mass is 325 g/mol. The number of nitrogens with two attached hydrogens (primary N) is 1. The Balaban J connectivity index is 2.04. The lowest BCUT2D eigenvalue weighted by molar-refractivity contribution is -0.138. The van der Waals surface area contributed by atoms with Gasteiger partial charge in [-0.2, -0.15) is 18.3 Å². The van der Waals surface area contributed by atoms with E-state index >= 15 is 0 Å². The maximum absolute atomic E-state index is 14.1. The van der Waals surface area contributed by atoms with Crippen LogP contribution in [0.2, 0.25) is 0 Å². The molecule has 0 bridgehead atoms. The van der Waals surface area contributed by atoms with E-state index in [-0.39, 0.29) is 28.5 Å². The van der Waals surface area contributed by atoms with Crippen molar-refractivity contribution in [3.8, 4) is 0 Å². The van der Waals surface area contributed by atoms with Crippen LogP contribution in [-0.4, -0.2) is 15.2 Å². The molecule has 0 unspecified atom stereocenters. The fourth-order valence-electron chi connectivity index (χ4n) is 2.23.